The Balaban J connectivity index is 2.29. The molecule has 0 bridgehead atoms. The van der Waals surface area contributed by atoms with E-state index >= 15 is 0 Å². The SMILES string of the molecule is CNc1nc(C2COCCO2)nc(C)c1I. The van der Waals surface area contributed by atoms with Gasteiger partial charge < -0.3 is 14.8 Å². The molecule has 16 heavy (non-hydrogen) atoms. The number of rotatable bonds is 2. The van der Waals surface area contributed by atoms with Crippen LogP contribution in [-0.2, 0) is 9.47 Å². The van der Waals surface area contributed by atoms with Gasteiger partial charge in [0.2, 0.25) is 0 Å². The van der Waals surface area contributed by atoms with Crippen molar-refractivity contribution in [3.63, 3.8) is 0 Å². The molecule has 2 rings (SSSR count). The summed E-state index contributed by atoms with van der Waals surface area (Å²) in [5.41, 5.74) is 0.962. The van der Waals surface area contributed by atoms with Gasteiger partial charge in [-0.1, -0.05) is 0 Å². The van der Waals surface area contributed by atoms with Crippen molar-refractivity contribution >= 4 is 28.4 Å². The van der Waals surface area contributed by atoms with Gasteiger partial charge in [-0.15, -0.1) is 0 Å². The van der Waals surface area contributed by atoms with E-state index in [4.69, 9.17) is 9.47 Å². The molecule has 88 valence electrons. The van der Waals surface area contributed by atoms with E-state index in [1.54, 1.807) is 0 Å². The predicted octanol–water partition coefficient (Wildman–Crippen LogP) is 1.52. The fourth-order valence-corrected chi connectivity index (χ4v) is 2.04. The summed E-state index contributed by atoms with van der Waals surface area (Å²) in [5.74, 6) is 1.54. The monoisotopic (exact) mass is 335 g/mol. The highest BCUT2D eigenvalue weighted by Gasteiger charge is 2.21. The third kappa shape index (κ3) is 2.44. The van der Waals surface area contributed by atoms with E-state index in [1.807, 2.05) is 14.0 Å². The van der Waals surface area contributed by atoms with E-state index in [-0.39, 0.29) is 6.10 Å². The zero-order chi connectivity index (χ0) is 11.5. The summed E-state index contributed by atoms with van der Waals surface area (Å²) < 4.78 is 12.0. The number of hydrogen-bond acceptors (Lipinski definition) is 5. The zero-order valence-corrected chi connectivity index (χ0v) is 11.4. The maximum absolute atomic E-state index is 5.58. The van der Waals surface area contributed by atoms with Crippen LogP contribution in [0.2, 0.25) is 0 Å². The smallest absolute Gasteiger partial charge is 0.162 e. The molecule has 1 aromatic rings. The lowest BCUT2D eigenvalue weighted by Crippen LogP contribution is -2.24. The topological polar surface area (TPSA) is 56.3 Å². The van der Waals surface area contributed by atoms with Gasteiger partial charge in [-0.3, -0.25) is 0 Å². The molecule has 6 heteroatoms. The summed E-state index contributed by atoms with van der Waals surface area (Å²) >= 11 is 2.23. The van der Waals surface area contributed by atoms with E-state index in [9.17, 15) is 0 Å². The van der Waals surface area contributed by atoms with Crippen LogP contribution >= 0.6 is 22.6 Å². The number of hydrogen-bond donors (Lipinski definition) is 1. The Bertz CT molecular complexity index is 381. The van der Waals surface area contributed by atoms with Crippen LogP contribution in [0, 0.1) is 10.5 Å². The Kier molecular flexibility index (Phi) is 3.93. The molecule has 2 heterocycles. The van der Waals surface area contributed by atoms with Crippen LogP contribution in [0.15, 0.2) is 0 Å². The molecule has 0 saturated carbocycles. The first kappa shape index (κ1) is 12.0. The normalized spacial score (nSPS) is 20.8. The molecule has 1 aliphatic heterocycles. The molecule has 1 atom stereocenters. The molecular weight excluding hydrogens is 321 g/mol. The van der Waals surface area contributed by atoms with E-state index in [1.165, 1.54) is 0 Å². The number of ether oxygens (including phenoxy) is 2. The van der Waals surface area contributed by atoms with E-state index in [0.29, 0.717) is 25.6 Å². The van der Waals surface area contributed by atoms with Crippen molar-refractivity contribution in [2.45, 2.75) is 13.0 Å². The van der Waals surface area contributed by atoms with Crippen molar-refractivity contribution < 1.29 is 9.47 Å². The van der Waals surface area contributed by atoms with Gasteiger partial charge >= 0.3 is 0 Å². The second-order valence-corrected chi connectivity index (χ2v) is 4.59. The number of halogens is 1. The Morgan fingerprint density at radius 1 is 1.38 bits per heavy atom. The van der Waals surface area contributed by atoms with Crippen molar-refractivity contribution in [2.75, 3.05) is 32.2 Å². The molecule has 1 aliphatic rings. The predicted molar refractivity (Wildman–Crippen MR) is 68.5 cm³/mol. The van der Waals surface area contributed by atoms with Crippen LogP contribution in [-0.4, -0.2) is 36.8 Å². The number of aryl methyl sites for hydroxylation is 1. The average Bonchev–Trinajstić information content (AvgIpc) is 2.33. The first-order valence-corrected chi connectivity index (χ1v) is 6.21. The van der Waals surface area contributed by atoms with Crippen LogP contribution < -0.4 is 5.32 Å². The van der Waals surface area contributed by atoms with Gasteiger partial charge in [0, 0.05) is 7.05 Å². The standard InChI is InChI=1S/C10H14IN3O2/c1-6-8(11)10(12-2)14-9(13-6)7-5-15-3-4-16-7/h7H,3-5H2,1-2H3,(H,12,13,14). The molecule has 1 fully saturated rings. The molecule has 1 saturated heterocycles. The highest BCUT2D eigenvalue weighted by atomic mass is 127. The molecule has 0 aliphatic carbocycles. The maximum atomic E-state index is 5.58. The first-order chi connectivity index (χ1) is 7.72. The highest BCUT2D eigenvalue weighted by Crippen LogP contribution is 2.23. The second kappa shape index (κ2) is 5.24. The van der Waals surface area contributed by atoms with Gasteiger partial charge in [0.1, 0.15) is 11.9 Å². The van der Waals surface area contributed by atoms with Gasteiger partial charge in [-0.25, -0.2) is 9.97 Å². The summed E-state index contributed by atoms with van der Waals surface area (Å²) in [5, 5.41) is 3.06. The minimum Gasteiger partial charge on any atom is -0.376 e. The fourth-order valence-electron chi connectivity index (χ4n) is 1.53. The summed E-state index contributed by atoms with van der Waals surface area (Å²) in [6.07, 6.45) is -0.142. The van der Waals surface area contributed by atoms with Crippen LogP contribution in [0.4, 0.5) is 5.82 Å². The lowest BCUT2D eigenvalue weighted by molar-refractivity contribution is -0.0935. The van der Waals surface area contributed by atoms with E-state index in [2.05, 4.69) is 37.9 Å². The van der Waals surface area contributed by atoms with Gasteiger partial charge in [-0.2, -0.15) is 0 Å². The fraction of sp³-hybridized carbons (Fsp3) is 0.600. The minimum absolute atomic E-state index is 0.142. The van der Waals surface area contributed by atoms with Crippen molar-refractivity contribution in [3.05, 3.63) is 15.1 Å². The highest BCUT2D eigenvalue weighted by molar-refractivity contribution is 14.1. The quantitative estimate of drug-likeness (QED) is 0.831. The largest absolute Gasteiger partial charge is 0.376 e. The average molecular weight is 335 g/mol. The van der Waals surface area contributed by atoms with Crippen LogP contribution in [0.3, 0.4) is 0 Å². The summed E-state index contributed by atoms with van der Waals surface area (Å²) in [4.78, 5) is 8.88. The number of nitrogens with one attached hydrogen (secondary N) is 1. The third-order valence-electron chi connectivity index (χ3n) is 2.37. The van der Waals surface area contributed by atoms with Crippen LogP contribution in [0.5, 0.6) is 0 Å². The summed E-state index contributed by atoms with van der Waals surface area (Å²) in [7, 11) is 1.85. The Morgan fingerprint density at radius 2 is 2.19 bits per heavy atom. The van der Waals surface area contributed by atoms with E-state index < -0.39 is 0 Å². The van der Waals surface area contributed by atoms with E-state index in [0.717, 1.165) is 15.1 Å². The van der Waals surface area contributed by atoms with Gasteiger partial charge in [-0.05, 0) is 29.5 Å². The number of anilines is 1. The van der Waals surface area contributed by atoms with Gasteiger partial charge in [0.25, 0.3) is 0 Å². The Labute approximate surface area is 108 Å². The summed E-state index contributed by atoms with van der Waals surface area (Å²) in [6, 6.07) is 0. The summed E-state index contributed by atoms with van der Waals surface area (Å²) in [6.45, 7) is 3.76. The lowest BCUT2D eigenvalue weighted by Gasteiger charge is -2.22. The molecule has 1 N–H and O–H groups in total. The van der Waals surface area contributed by atoms with Crippen molar-refractivity contribution in [1.29, 1.82) is 0 Å². The van der Waals surface area contributed by atoms with Crippen molar-refractivity contribution in [2.24, 2.45) is 0 Å². The van der Waals surface area contributed by atoms with Gasteiger partial charge in [0.05, 0.1) is 29.1 Å². The van der Waals surface area contributed by atoms with Crippen LogP contribution in [0.1, 0.15) is 17.6 Å². The molecule has 1 unspecified atom stereocenters. The third-order valence-corrected chi connectivity index (χ3v) is 3.67. The minimum atomic E-state index is -0.142. The molecule has 1 aromatic heterocycles. The second-order valence-electron chi connectivity index (χ2n) is 3.51. The lowest BCUT2D eigenvalue weighted by atomic mass is 10.3. The Hall–Kier alpha value is -0.470. The molecule has 0 spiro atoms. The van der Waals surface area contributed by atoms with Crippen LogP contribution in [0.25, 0.3) is 0 Å². The first-order valence-electron chi connectivity index (χ1n) is 5.13. The molecule has 0 amide bonds. The zero-order valence-electron chi connectivity index (χ0n) is 9.29. The molecular formula is C10H14IN3O2. The van der Waals surface area contributed by atoms with Crippen molar-refractivity contribution in [1.82, 2.24) is 9.97 Å². The maximum Gasteiger partial charge on any atom is 0.162 e. The molecule has 5 nitrogen and oxygen atoms in total. The molecule has 0 radical (unpaired) electrons. The number of aromatic nitrogens is 2. The van der Waals surface area contributed by atoms with Crippen molar-refractivity contribution in [3.8, 4) is 0 Å². The molecule has 0 aromatic carbocycles. The Morgan fingerprint density at radius 3 is 2.81 bits per heavy atom. The van der Waals surface area contributed by atoms with Gasteiger partial charge in [0.15, 0.2) is 5.82 Å². The number of nitrogens with zero attached hydrogens (tertiary/aromatic N) is 2.